The number of hydrogen-bond donors (Lipinski definition) is 1. The summed E-state index contributed by atoms with van der Waals surface area (Å²) in [6, 6.07) is -0.289. The van der Waals surface area contributed by atoms with Crippen LogP contribution in [-0.4, -0.2) is 56.8 Å². The lowest BCUT2D eigenvalue weighted by Gasteiger charge is -2.35. The molecule has 0 aromatic carbocycles. The van der Waals surface area contributed by atoms with Gasteiger partial charge in [-0.3, -0.25) is 9.69 Å². The fourth-order valence-electron chi connectivity index (χ4n) is 3.26. The zero-order valence-corrected chi connectivity index (χ0v) is 13.7. The number of rotatable bonds is 5. The van der Waals surface area contributed by atoms with Crippen molar-refractivity contribution in [1.82, 2.24) is 9.62 Å². The first-order valence-electron chi connectivity index (χ1n) is 7.77. The van der Waals surface area contributed by atoms with Gasteiger partial charge < -0.3 is 4.74 Å². The number of piperidine rings is 1. The van der Waals surface area contributed by atoms with E-state index in [4.69, 9.17) is 4.74 Å². The number of hydrogen-bond acceptors (Lipinski definition) is 5. The molecule has 122 valence electrons. The highest BCUT2D eigenvalue weighted by molar-refractivity contribution is 7.90. The van der Waals surface area contributed by atoms with Gasteiger partial charge in [0.1, 0.15) is 6.04 Å². The van der Waals surface area contributed by atoms with Crippen molar-refractivity contribution < 1.29 is 17.9 Å². The average Bonchev–Trinajstić information content (AvgIpc) is 2.98. The summed E-state index contributed by atoms with van der Waals surface area (Å²) in [7, 11) is -1.95. The van der Waals surface area contributed by atoms with Crippen molar-refractivity contribution in [1.29, 1.82) is 0 Å². The molecule has 6 nitrogen and oxygen atoms in total. The van der Waals surface area contributed by atoms with Crippen LogP contribution in [0, 0.1) is 0 Å². The van der Waals surface area contributed by atoms with E-state index in [0.717, 1.165) is 38.6 Å². The number of likely N-dealkylation sites (tertiary alicyclic amines) is 1. The van der Waals surface area contributed by atoms with Crippen LogP contribution in [-0.2, 0) is 19.6 Å². The predicted molar refractivity (Wildman–Crippen MR) is 80.4 cm³/mol. The number of esters is 1. The molecule has 1 aliphatic heterocycles. The van der Waals surface area contributed by atoms with E-state index in [9.17, 15) is 13.2 Å². The van der Waals surface area contributed by atoms with Gasteiger partial charge in [-0.1, -0.05) is 12.8 Å². The van der Waals surface area contributed by atoms with Gasteiger partial charge in [0.05, 0.1) is 12.4 Å². The van der Waals surface area contributed by atoms with Crippen LogP contribution in [0.2, 0.25) is 0 Å². The van der Waals surface area contributed by atoms with E-state index in [1.54, 1.807) is 6.92 Å². The van der Waals surface area contributed by atoms with Crippen molar-refractivity contribution >= 4 is 16.0 Å². The van der Waals surface area contributed by atoms with Gasteiger partial charge >= 0.3 is 5.97 Å². The number of methoxy groups -OCH3 is 1. The number of nitrogens with one attached hydrogen (secondary N) is 1. The van der Waals surface area contributed by atoms with E-state index in [1.165, 1.54) is 7.11 Å². The normalized spacial score (nSPS) is 26.7. The summed E-state index contributed by atoms with van der Waals surface area (Å²) in [6.07, 6.45) is 5.53. The minimum absolute atomic E-state index is 0.100. The van der Waals surface area contributed by atoms with Crippen molar-refractivity contribution in [2.45, 2.75) is 62.8 Å². The van der Waals surface area contributed by atoms with Gasteiger partial charge in [-0.25, -0.2) is 13.1 Å². The van der Waals surface area contributed by atoms with Crippen LogP contribution in [0.15, 0.2) is 0 Å². The molecule has 0 bridgehead atoms. The Labute approximate surface area is 127 Å². The molecular weight excluding hydrogens is 292 g/mol. The molecule has 2 aliphatic rings. The van der Waals surface area contributed by atoms with Crippen LogP contribution in [0.4, 0.5) is 0 Å². The number of ether oxygens (including phenoxy) is 1. The van der Waals surface area contributed by atoms with Crippen LogP contribution in [0.25, 0.3) is 0 Å². The zero-order chi connectivity index (χ0) is 15.5. The number of carbonyl (C=O) groups is 1. The van der Waals surface area contributed by atoms with E-state index in [0.29, 0.717) is 13.0 Å². The largest absolute Gasteiger partial charge is 0.468 e. The Kier molecular flexibility index (Phi) is 5.62. The first-order valence-corrected chi connectivity index (χ1v) is 9.31. The molecular formula is C14H26N2O4S. The van der Waals surface area contributed by atoms with Gasteiger partial charge in [0.25, 0.3) is 0 Å². The van der Waals surface area contributed by atoms with Gasteiger partial charge in [0.15, 0.2) is 0 Å². The average molecular weight is 318 g/mol. The molecule has 21 heavy (non-hydrogen) atoms. The van der Waals surface area contributed by atoms with E-state index in [1.807, 2.05) is 4.90 Å². The maximum absolute atomic E-state index is 12.5. The highest BCUT2D eigenvalue weighted by Gasteiger charge is 2.35. The molecule has 0 aromatic heterocycles. The molecule has 0 aromatic rings. The maximum atomic E-state index is 12.5. The van der Waals surface area contributed by atoms with Crippen molar-refractivity contribution in [2.24, 2.45) is 0 Å². The van der Waals surface area contributed by atoms with E-state index in [-0.39, 0.29) is 18.1 Å². The Morgan fingerprint density at radius 1 is 1.24 bits per heavy atom. The fraction of sp³-hybridized carbons (Fsp3) is 0.929. The molecule has 1 saturated heterocycles. The second-order valence-corrected chi connectivity index (χ2v) is 8.09. The maximum Gasteiger partial charge on any atom is 0.322 e. The van der Waals surface area contributed by atoms with Crippen LogP contribution in [0.1, 0.15) is 45.4 Å². The van der Waals surface area contributed by atoms with E-state index in [2.05, 4.69) is 4.72 Å². The monoisotopic (exact) mass is 318 g/mol. The first kappa shape index (κ1) is 16.7. The van der Waals surface area contributed by atoms with Crippen molar-refractivity contribution in [3.05, 3.63) is 0 Å². The standard InChI is InChI=1S/C14H26N2O4S/c1-11(14(17)20-2)16-9-5-8-13(10-16)21(18,19)15-12-6-3-4-7-12/h11-13,15H,3-10H2,1-2H3/t11-,13+/m1/s1. The van der Waals surface area contributed by atoms with Crippen molar-refractivity contribution in [3.8, 4) is 0 Å². The van der Waals surface area contributed by atoms with Gasteiger partial charge in [-0.05, 0) is 39.2 Å². The van der Waals surface area contributed by atoms with Gasteiger partial charge in [0, 0.05) is 12.6 Å². The minimum atomic E-state index is -3.31. The Balaban J connectivity index is 1.97. The quantitative estimate of drug-likeness (QED) is 0.761. The molecule has 2 rings (SSSR count). The van der Waals surface area contributed by atoms with Crippen LogP contribution in [0.3, 0.4) is 0 Å². The molecule has 0 unspecified atom stereocenters. The summed E-state index contributed by atoms with van der Waals surface area (Å²) in [5.74, 6) is -0.309. The summed E-state index contributed by atoms with van der Waals surface area (Å²) >= 11 is 0. The molecule has 0 radical (unpaired) electrons. The highest BCUT2D eigenvalue weighted by atomic mass is 32.2. The zero-order valence-electron chi connectivity index (χ0n) is 12.9. The summed E-state index contributed by atoms with van der Waals surface area (Å²) in [6.45, 7) is 2.91. The molecule has 0 spiro atoms. The third kappa shape index (κ3) is 4.17. The van der Waals surface area contributed by atoms with Crippen LogP contribution in [0.5, 0.6) is 0 Å². The third-order valence-corrected chi connectivity index (χ3v) is 6.55. The number of carbonyl (C=O) groups excluding carboxylic acids is 1. The first-order chi connectivity index (χ1) is 9.94. The Morgan fingerprint density at radius 2 is 1.90 bits per heavy atom. The summed E-state index contributed by atoms with van der Waals surface area (Å²) < 4.78 is 32.6. The molecule has 7 heteroatoms. The molecule has 0 amide bonds. The lowest BCUT2D eigenvalue weighted by molar-refractivity contribution is -0.146. The summed E-state index contributed by atoms with van der Waals surface area (Å²) in [4.78, 5) is 13.5. The number of sulfonamides is 1. The molecule has 2 fully saturated rings. The lowest BCUT2D eigenvalue weighted by Crippen LogP contribution is -2.52. The fourth-order valence-corrected chi connectivity index (χ4v) is 5.02. The Bertz CT molecular complexity index is 460. The predicted octanol–water partition coefficient (Wildman–Crippen LogP) is 0.874. The second kappa shape index (κ2) is 7.07. The second-order valence-electron chi connectivity index (χ2n) is 6.10. The molecule has 2 atom stereocenters. The Morgan fingerprint density at radius 3 is 2.52 bits per heavy atom. The molecule has 1 aliphatic carbocycles. The molecule has 1 N–H and O–H groups in total. The van der Waals surface area contributed by atoms with Crippen molar-refractivity contribution in [3.63, 3.8) is 0 Å². The summed E-state index contributed by atoms with van der Waals surface area (Å²) in [5.41, 5.74) is 0. The number of nitrogens with zero attached hydrogens (tertiary/aromatic N) is 1. The molecule has 1 heterocycles. The highest BCUT2D eigenvalue weighted by Crippen LogP contribution is 2.23. The van der Waals surface area contributed by atoms with Gasteiger partial charge in [-0.2, -0.15) is 0 Å². The van der Waals surface area contributed by atoms with E-state index < -0.39 is 15.3 Å². The lowest BCUT2D eigenvalue weighted by atomic mass is 10.1. The summed E-state index contributed by atoms with van der Waals surface area (Å²) in [5, 5.41) is -0.432. The third-order valence-electron chi connectivity index (χ3n) is 4.62. The van der Waals surface area contributed by atoms with Crippen LogP contribution >= 0.6 is 0 Å². The minimum Gasteiger partial charge on any atom is -0.468 e. The molecule has 1 saturated carbocycles. The van der Waals surface area contributed by atoms with Crippen molar-refractivity contribution in [2.75, 3.05) is 20.2 Å². The smallest absolute Gasteiger partial charge is 0.322 e. The van der Waals surface area contributed by atoms with Gasteiger partial charge in [0.2, 0.25) is 10.0 Å². The Hall–Kier alpha value is -0.660. The van der Waals surface area contributed by atoms with Crippen LogP contribution < -0.4 is 4.72 Å². The SMILES string of the molecule is COC(=O)[C@@H](C)N1CCC[C@H](S(=O)(=O)NC2CCCC2)C1. The topological polar surface area (TPSA) is 75.7 Å². The van der Waals surface area contributed by atoms with Gasteiger partial charge in [-0.15, -0.1) is 0 Å². The van der Waals surface area contributed by atoms with E-state index >= 15 is 0 Å².